The molecule has 1 amide bonds. The lowest BCUT2D eigenvalue weighted by Crippen LogP contribution is -2.34. The summed E-state index contributed by atoms with van der Waals surface area (Å²) in [6.45, 7) is 10.0. The molecule has 4 rings (SSSR count). The zero-order valence-corrected chi connectivity index (χ0v) is 16.9. The van der Waals surface area contributed by atoms with Crippen LogP contribution >= 0.6 is 0 Å². The van der Waals surface area contributed by atoms with E-state index in [4.69, 9.17) is 9.51 Å². The number of pyridine rings is 1. The number of likely N-dealkylation sites (N-methyl/N-ethyl adjacent to an activating group) is 1. The third kappa shape index (κ3) is 4.00. The second kappa shape index (κ2) is 6.89. The average Bonchev–Trinajstić information content (AvgIpc) is 3.40. The highest BCUT2D eigenvalue weighted by Crippen LogP contribution is 2.41. The molecular formula is C21H30N4O2. The lowest BCUT2D eigenvalue weighted by atomic mass is 9.89. The monoisotopic (exact) mass is 370 g/mol. The molecule has 1 saturated heterocycles. The summed E-state index contributed by atoms with van der Waals surface area (Å²) < 4.78 is 5.59. The van der Waals surface area contributed by atoms with Crippen LogP contribution in [0.15, 0.2) is 10.6 Å². The van der Waals surface area contributed by atoms with Crippen molar-refractivity contribution in [2.45, 2.75) is 52.4 Å². The van der Waals surface area contributed by atoms with Crippen LogP contribution in [-0.4, -0.2) is 59.1 Å². The van der Waals surface area contributed by atoms with Crippen LogP contribution in [0.1, 0.15) is 67.7 Å². The molecule has 6 heteroatoms. The second-order valence-electron chi connectivity index (χ2n) is 9.36. The molecule has 1 aliphatic carbocycles. The van der Waals surface area contributed by atoms with E-state index in [0.29, 0.717) is 11.6 Å². The van der Waals surface area contributed by atoms with Crippen molar-refractivity contribution in [3.63, 3.8) is 0 Å². The Morgan fingerprint density at radius 3 is 2.70 bits per heavy atom. The van der Waals surface area contributed by atoms with Gasteiger partial charge in [0.25, 0.3) is 11.6 Å². The zero-order valence-electron chi connectivity index (χ0n) is 16.9. The molecule has 1 aliphatic heterocycles. The summed E-state index contributed by atoms with van der Waals surface area (Å²) in [4.78, 5) is 22.5. The highest BCUT2D eigenvalue weighted by Gasteiger charge is 2.31. The fourth-order valence-corrected chi connectivity index (χ4v) is 3.83. The topological polar surface area (TPSA) is 62.5 Å². The fraction of sp³-hybridized carbons (Fsp3) is 0.667. The molecule has 27 heavy (non-hydrogen) atoms. The molecule has 0 spiro atoms. The Labute approximate surface area is 160 Å². The quantitative estimate of drug-likeness (QED) is 0.828. The first kappa shape index (κ1) is 18.4. The standard InChI is InChI=1S/C21H30N4O2/c1-21(2,3)13-17-18-15(20(26)25-9-5-8-24(4)10-11-25)12-16(14-6-7-14)22-19(18)27-23-17/h12,14H,5-11,13H2,1-4H3. The van der Waals surface area contributed by atoms with E-state index in [1.165, 1.54) is 0 Å². The molecule has 3 heterocycles. The van der Waals surface area contributed by atoms with Gasteiger partial charge in [-0.1, -0.05) is 25.9 Å². The second-order valence-corrected chi connectivity index (χ2v) is 9.36. The zero-order chi connectivity index (χ0) is 19.2. The van der Waals surface area contributed by atoms with Gasteiger partial charge in [-0.05, 0) is 50.8 Å². The number of nitrogens with zero attached hydrogens (tertiary/aromatic N) is 4. The fourth-order valence-electron chi connectivity index (χ4n) is 3.83. The van der Waals surface area contributed by atoms with Crippen molar-refractivity contribution in [1.29, 1.82) is 0 Å². The van der Waals surface area contributed by atoms with Crippen molar-refractivity contribution in [3.05, 3.63) is 23.0 Å². The van der Waals surface area contributed by atoms with Crippen LogP contribution in [0.5, 0.6) is 0 Å². The summed E-state index contributed by atoms with van der Waals surface area (Å²) in [5.74, 6) is 0.561. The Hall–Kier alpha value is -1.95. The van der Waals surface area contributed by atoms with Gasteiger partial charge in [0.15, 0.2) is 0 Å². The van der Waals surface area contributed by atoms with Crippen molar-refractivity contribution < 1.29 is 9.32 Å². The summed E-state index contributed by atoms with van der Waals surface area (Å²) in [6, 6.07) is 2.01. The normalized spacial score (nSPS) is 19.5. The van der Waals surface area contributed by atoms with E-state index in [-0.39, 0.29) is 11.3 Å². The van der Waals surface area contributed by atoms with Crippen LogP contribution in [0.4, 0.5) is 0 Å². The Bertz CT molecular complexity index is 848. The largest absolute Gasteiger partial charge is 0.337 e. The first-order valence-corrected chi connectivity index (χ1v) is 10.1. The summed E-state index contributed by atoms with van der Waals surface area (Å²) in [5, 5.41) is 5.12. The number of amides is 1. The van der Waals surface area contributed by atoms with E-state index in [2.05, 4.69) is 37.9 Å². The van der Waals surface area contributed by atoms with Gasteiger partial charge in [-0.3, -0.25) is 4.79 Å². The van der Waals surface area contributed by atoms with Gasteiger partial charge in [-0.15, -0.1) is 0 Å². The highest BCUT2D eigenvalue weighted by atomic mass is 16.5. The van der Waals surface area contributed by atoms with Crippen molar-refractivity contribution in [1.82, 2.24) is 19.9 Å². The number of aromatic nitrogens is 2. The Kier molecular flexibility index (Phi) is 4.70. The van der Waals surface area contributed by atoms with Gasteiger partial charge in [0, 0.05) is 31.2 Å². The Morgan fingerprint density at radius 1 is 1.22 bits per heavy atom. The first-order chi connectivity index (χ1) is 12.8. The Balaban J connectivity index is 1.76. The van der Waals surface area contributed by atoms with Gasteiger partial charge in [-0.2, -0.15) is 0 Å². The van der Waals surface area contributed by atoms with E-state index in [0.717, 1.165) is 74.2 Å². The minimum atomic E-state index is 0.0601. The average molecular weight is 370 g/mol. The summed E-state index contributed by atoms with van der Waals surface area (Å²) in [5.41, 5.74) is 3.14. The number of fused-ring (bicyclic) bond motifs is 1. The third-order valence-electron chi connectivity index (χ3n) is 5.47. The highest BCUT2D eigenvalue weighted by molar-refractivity contribution is 6.06. The molecule has 0 unspecified atom stereocenters. The maximum atomic E-state index is 13.5. The molecule has 0 aromatic carbocycles. The number of hydrogen-bond donors (Lipinski definition) is 0. The van der Waals surface area contributed by atoms with Crippen LogP contribution in [0.3, 0.4) is 0 Å². The van der Waals surface area contributed by atoms with Crippen LogP contribution in [0, 0.1) is 5.41 Å². The smallest absolute Gasteiger partial charge is 0.259 e. The molecule has 2 fully saturated rings. The molecule has 0 bridgehead atoms. The molecule has 146 valence electrons. The van der Waals surface area contributed by atoms with E-state index in [1.54, 1.807) is 0 Å². The van der Waals surface area contributed by atoms with Crippen LogP contribution in [0.25, 0.3) is 11.1 Å². The maximum absolute atomic E-state index is 13.5. The molecule has 0 radical (unpaired) electrons. The van der Waals surface area contributed by atoms with Crippen LogP contribution < -0.4 is 0 Å². The molecule has 2 aliphatic rings. The lowest BCUT2D eigenvalue weighted by Gasteiger charge is -2.22. The Morgan fingerprint density at radius 2 is 2.00 bits per heavy atom. The van der Waals surface area contributed by atoms with E-state index >= 15 is 0 Å². The van der Waals surface area contributed by atoms with Gasteiger partial charge >= 0.3 is 0 Å². The summed E-state index contributed by atoms with van der Waals surface area (Å²) >= 11 is 0. The van der Waals surface area contributed by atoms with Crippen molar-refractivity contribution in [2.75, 3.05) is 33.2 Å². The van der Waals surface area contributed by atoms with Crippen molar-refractivity contribution in [3.8, 4) is 0 Å². The molecule has 6 nitrogen and oxygen atoms in total. The molecule has 2 aromatic rings. The number of hydrogen-bond acceptors (Lipinski definition) is 5. The minimum absolute atomic E-state index is 0.0601. The number of carbonyl (C=O) groups is 1. The summed E-state index contributed by atoms with van der Waals surface area (Å²) in [7, 11) is 2.12. The minimum Gasteiger partial charge on any atom is -0.337 e. The van der Waals surface area contributed by atoms with Crippen LogP contribution in [-0.2, 0) is 6.42 Å². The van der Waals surface area contributed by atoms with Crippen molar-refractivity contribution >= 4 is 17.0 Å². The van der Waals surface area contributed by atoms with Crippen LogP contribution in [0.2, 0.25) is 0 Å². The van der Waals surface area contributed by atoms with Gasteiger partial charge in [-0.25, -0.2) is 4.98 Å². The van der Waals surface area contributed by atoms with Gasteiger partial charge < -0.3 is 14.3 Å². The third-order valence-corrected chi connectivity index (χ3v) is 5.47. The molecule has 2 aromatic heterocycles. The maximum Gasteiger partial charge on any atom is 0.259 e. The molecule has 0 N–H and O–H groups in total. The van der Waals surface area contributed by atoms with Gasteiger partial charge in [0.2, 0.25) is 0 Å². The first-order valence-electron chi connectivity index (χ1n) is 10.1. The molecular weight excluding hydrogens is 340 g/mol. The molecule has 0 atom stereocenters. The van der Waals surface area contributed by atoms with Crippen molar-refractivity contribution in [2.24, 2.45) is 5.41 Å². The predicted octanol–water partition coefficient (Wildman–Crippen LogP) is 3.47. The van der Waals surface area contributed by atoms with E-state index in [1.807, 2.05) is 11.0 Å². The van der Waals surface area contributed by atoms with Gasteiger partial charge in [0.1, 0.15) is 0 Å². The number of rotatable bonds is 3. The number of carbonyl (C=O) groups excluding carboxylic acids is 1. The SMILES string of the molecule is CN1CCCN(C(=O)c2cc(C3CC3)nc3onc(CC(C)(C)C)c23)CC1. The van der Waals surface area contributed by atoms with Gasteiger partial charge in [0.05, 0.1) is 16.6 Å². The van der Waals surface area contributed by atoms with E-state index in [9.17, 15) is 4.79 Å². The molecule has 1 saturated carbocycles. The predicted molar refractivity (Wildman–Crippen MR) is 105 cm³/mol. The van der Waals surface area contributed by atoms with E-state index < -0.39 is 0 Å². The summed E-state index contributed by atoms with van der Waals surface area (Å²) in [6.07, 6.45) is 4.05. The lowest BCUT2D eigenvalue weighted by molar-refractivity contribution is 0.0764.